The molecule has 178 valence electrons. The highest BCUT2D eigenvalue weighted by molar-refractivity contribution is 9.10. The van der Waals surface area contributed by atoms with E-state index in [0.29, 0.717) is 38.1 Å². The Morgan fingerprint density at radius 3 is 2.47 bits per heavy atom. The standard InChI is InChI=1S/C22H20BrFN4O4S2/c1-31-17-4-3-5-18(32-2)20(17)28-19(26-27-21(28)22-25-9-10-33-22)13-34(29,30)11-8-14-6-7-15(24)12-16(14)23/h3-7,9-10,12H,8,11,13H2,1-2H3. The first-order chi connectivity index (χ1) is 16.3. The third kappa shape index (κ3) is 5.13. The van der Waals surface area contributed by atoms with Gasteiger partial charge in [-0.05, 0) is 36.2 Å². The van der Waals surface area contributed by atoms with Crippen LogP contribution in [0.15, 0.2) is 52.4 Å². The van der Waals surface area contributed by atoms with Crippen LogP contribution in [0.1, 0.15) is 11.4 Å². The summed E-state index contributed by atoms with van der Waals surface area (Å²) in [6.07, 6.45) is 1.85. The van der Waals surface area contributed by atoms with Crippen LogP contribution in [-0.4, -0.2) is 48.1 Å². The second-order valence-electron chi connectivity index (χ2n) is 7.20. The van der Waals surface area contributed by atoms with E-state index in [1.807, 2.05) is 0 Å². The summed E-state index contributed by atoms with van der Waals surface area (Å²) < 4.78 is 52.8. The Kier molecular flexibility index (Phi) is 7.29. The minimum absolute atomic E-state index is 0.153. The highest BCUT2D eigenvalue weighted by Gasteiger charge is 2.26. The lowest BCUT2D eigenvalue weighted by Gasteiger charge is -2.17. The lowest BCUT2D eigenvalue weighted by atomic mass is 10.2. The summed E-state index contributed by atoms with van der Waals surface area (Å²) in [4.78, 5) is 4.31. The molecule has 2 heterocycles. The molecule has 8 nitrogen and oxygen atoms in total. The number of hydrogen-bond acceptors (Lipinski definition) is 8. The van der Waals surface area contributed by atoms with E-state index in [1.54, 1.807) is 40.4 Å². The van der Waals surface area contributed by atoms with Crippen LogP contribution >= 0.6 is 27.3 Å². The van der Waals surface area contributed by atoms with Gasteiger partial charge in [0.1, 0.15) is 28.8 Å². The fourth-order valence-electron chi connectivity index (χ4n) is 3.43. The molecule has 12 heteroatoms. The van der Waals surface area contributed by atoms with Crippen molar-refractivity contribution in [3.63, 3.8) is 0 Å². The number of benzene rings is 2. The highest BCUT2D eigenvalue weighted by atomic mass is 79.9. The number of aromatic nitrogens is 4. The average Bonchev–Trinajstić information content (AvgIpc) is 3.47. The van der Waals surface area contributed by atoms with E-state index in [1.165, 1.54) is 37.7 Å². The molecule has 0 bridgehead atoms. The Morgan fingerprint density at radius 2 is 1.85 bits per heavy atom. The Bertz CT molecular complexity index is 1390. The van der Waals surface area contributed by atoms with E-state index in [2.05, 4.69) is 31.1 Å². The van der Waals surface area contributed by atoms with Crippen molar-refractivity contribution in [2.24, 2.45) is 0 Å². The van der Waals surface area contributed by atoms with Gasteiger partial charge in [0.15, 0.2) is 26.5 Å². The third-order valence-corrected chi connectivity index (χ3v) is 8.06. The van der Waals surface area contributed by atoms with Crippen LogP contribution in [0.4, 0.5) is 4.39 Å². The number of nitrogens with zero attached hydrogens (tertiary/aromatic N) is 4. The van der Waals surface area contributed by atoms with Crippen molar-refractivity contribution >= 4 is 37.1 Å². The maximum Gasteiger partial charge on any atom is 0.197 e. The molecule has 0 aliphatic rings. The van der Waals surface area contributed by atoms with Crippen LogP contribution < -0.4 is 9.47 Å². The largest absolute Gasteiger partial charge is 0.494 e. The first kappa shape index (κ1) is 24.3. The van der Waals surface area contributed by atoms with Gasteiger partial charge in [-0.1, -0.05) is 28.1 Å². The zero-order valence-electron chi connectivity index (χ0n) is 18.2. The number of ether oxygens (including phenoxy) is 2. The van der Waals surface area contributed by atoms with Crippen molar-refractivity contribution < 1.29 is 22.3 Å². The SMILES string of the molecule is COc1cccc(OC)c1-n1c(CS(=O)(=O)CCc2ccc(F)cc2Br)nnc1-c1nccs1. The predicted octanol–water partition coefficient (Wildman–Crippen LogP) is 4.47. The van der Waals surface area contributed by atoms with Gasteiger partial charge < -0.3 is 9.47 Å². The Balaban J connectivity index is 1.73. The molecule has 0 radical (unpaired) electrons. The number of rotatable bonds is 9. The molecule has 0 amide bonds. The van der Waals surface area contributed by atoms with Crippen LogP contribution in [0.3, 0.4) is 0 Å². The maximum absolute atomic E-state index is 13.4. The molecule has 0 saturated carbocycles. The van der Waals surface area contributed by atoms with Crippen molar-refractivity contribution in [1.29, 1.82) is 0 Å². The molecule has 4 aromatic rings. The van der Waals surface area contributed by atoms with Gasteiger partial charge in [-0.15, -0.1) is 21.5 Å². The van der Waals surface area contributed by atoms with Gasteiger partial charge >= 0.3 is 0 Å². The predicted molar refractivity (Wildman–Crippen MR) is 131 cm³/mol. The van der Waals surface area contributed by atoms with Crippen molar-refractivity contribution in [3.05, 3.63) is 69.7 Å². The smallest absolute Gasteiger partial charge is 0.197 e. The molecule has 0 spiro atoms. The van der Waals surface area contributed by atoms with E-state index in [-0.39, 0.29) is 23.8 Å². The van der Waals surface area contributed by atoms with Gasteiger partial charge in [0, 0.05) is 16.0 Å². The molecule has 0 unspecified atom stereocenters. The molecule has 2 aromatic carbocycles. The van der Waals surface area contributed by atoms with Crippen LogP contribution in [-0.2, 0) is 22.0 Å². The molecule has 0 fully saturated rings. The molecular weight excluding hydrogens is 547 g/mol. The third-order valence-electron chi connectivity index (χ3n) is 5.03. The number of methoxy groups -OCH3 is 2. The van der Waals surface area contributed by atoms with E-state index in [9.17, 15) is 12.8 Å². The minimum Gasteiger partial charge on any atom is -0.494 e. The quantitative estimate of drug-likeness (QED) is 0.295. The average molecular weight is 567 g/mol. The van der Waals surface area contributed by atoms with Crippen molar-refractivity contribution in [2.45, 2.75) is 12.2 Å². The number of para-hydroxylation sites is 1. The van der Waals surface area contributed by atoms with E-state index >= 15 is 0 Å². The fourth-order valence-corrected chi connectivity index (χ4v) is 5.84. The lowest BCUT2D eigenvalue weighted by molar-refractivity contribution is 0.391. The summed E-state index contributed by atoms with van der Waals surface area (Å²) >= 11 is 4.64. The highest BCUT2D eigenvalue weighted by Crippen LogP contribution is 2.37. The van der Waals surface area contributed by atoms with Crippen LogP contribution in [0.5, 0.6) is 11.5 Å². The summed E-state index contributed by atoms with van der Waals surface area (Å²) in [7, 11) is -0.588. The molecule has 0 atom stereocenters. The summed E-state index contributed by atoms with van der Waals surface area (Å²) in [5, 5.41) is 10.8. The number of halogens is 2. The van der Waals surface area contributed by atoms with Gasteiger partial charge in [0.25, 0.3) is 0 Å². The summed E-state index contributed by atoms with van der Waals surface area (Å²) in [6.45, 7) is 0. The second kappa shape index (κ2) is 10.2. The first-order valence-corrected chi connectivity index (χ1v) is 13.5. The van der Waals surface area contributed by atoms with E-state index < -0.39 is 15.7 Å². The molecule has 0 aliphatic carbocycles. The zero-order chi connectivity index (χ0) is 24.3. The molecule has 34 heavy (non-hydrogen) atoms. The zero-order valence-corrected chi connectivity index (χ0v) is 21.5. The van der Waals surface area contributed by atoms with E-state index in [0.717, 1.165) is 0 Å². The van der Waals surface area contributed by atoms with E-state index in [4.69, 9.17) is 9.47 Å². The Morgan fingerprint density at radius 1 is 1.12 bits per heavy atom. The van der Waals surface area contributed by atoms with Gasteiger partial charge in [0.05, 0.1) is 20.0 Å². The lowest BCUT2D eigenvalue weighted by Crippen LogP contribution is -2.16. The van der Waals surface area contributed by atoms with Gasteiger partial charge in [-0.2, -0.15) is 0 Å². The monoisotopic (exact) mass is 566 g/mol. The van der Waals surface area contributed by atoms with Crippen LogP contribution in [0.2, 0.25) is 0 Å². The number of hydrogen-bond donors (Lipinski definition) is 0. The normalized spacial score (nSPS) is 11.5. The summed E-state index contributed by atoms with van der Waals surface area (Å²) in [5.41, 5.74) is 1.18. The molecular formula is C22H20BrFN4O4S2. The molecule has 0 N–H and O–H groups in total. The van der Waals surface area contributed by atoms with Crippen LogP contribution in [0.25, 0.3) is 16.5 Å². The number of thiazole rings is 1. The Labute approximate surface area is 208 Å². The van der Waals surface area contributed by atoms with Crippen LogP contribution in [0, 0.1) is 5.82 Å². The Hall–Kier alpha value is -2.83. The van der Waals surface area contributed by atoms with Gasteiger partial charge in [-0.25, -0.2) is 17.8 Å². The number of sulfone groups is 1. The summed E-state index contributed by atoms with van der Waals surface area (Å²) in [6, 6.07) is 9.44. The second-order valence-corrected chi connectivity index (χ2v) is 11.1. The first-order valence-electron chi connectivity index (χ1n) is 10.0. The van der Waals surface area contributed by atoms with Gasteiger partial charge in [-0.3, -0.25) is 4.57 Å². The van der Waals surface area contributed by atoms with Gasteiger partial charge in [0.2, 0.25) is 0 Å². The topological polar surface area (TPSA) is 96.2 Å². The summed E-state index contributed by atoms with van der Waals surface area (Å²) in [5.74, 6) is 0.588. The van der Waals surface area contributed by atoms with Crippen molar-refractivity contribution in [3.8, 4) is 28.0 Å². The molecule has 2 aromatic heterocycles. The molecule has 4 rings (SSSR count). The van der Waals surface area contributed by atoms with Crippen molar-refractivity contribution in [2.75, 3.05) is 20.0 Å². The maximum atomic E-state index is 13.4. The minimum atomic E-state index is -3.62. The number of aryl methyl sites for hydroxylation is 1. The van der Waals surface area contributed by atoms with Crippen molar-refractivity contribution in [1.82, 2.24) is 19.7 Å². The molecule has 0 aliphatic heterocycles. The molecule has 0 saturated heterocycles. The fraction of sp³-hybridized carbons (Fsp3) is 0.227.